The van der Waals surface area contributed by atoms with Crippen LogP contribution in [0.5, 0.6) is 0 Å². The van der Waals surface area contributed by atoms with Gasteiger partial charge in [0, 0.05) is 10.9 Å². The summed E-state index contributed by atoms with van der Waals surface area (Å²) in [7, 11) is 0. The van der Waals surface area contributed by atoms with Crippen molar-refractivity contribution >= 4 is 16.9 Å². The van der Waals surface area contributed by atoms with Crippen LogP contribution in [-0.4, -0.2) is 22.7 Å². The molecule has 4 nitrogen and oxygen atoms in total. The first kappa shape index (κ1) is 20.5. The number of rotatable bonds is 5. The highest BCUT2D eigenvalue weighted by molar-refractivity contribution is 5.99. The fourth-order valence-corrected chi connectivity index (χ4v) is 4.53. The SMILES string of the molecule is CCCC1(CC(=O)O)OCCc2c1[nH]c1cccc(-c3ccc(C(F)(F)F)cc3)c21. The number of carbonyl (C=O) groups is 1. The molecular weight excluding hydrogens is 395 g/mol. The summed E-state index contributed by atoms with van der Waals surface area (Å²) in [5.41, 5.74) is 2.47. The minimum Gasteiger partial charge on any atom is -0.481 e. The molecule has 30 heavy (non-hydrogen) atoms. The van der Waals surface area contributed by atoms with E-state index in [1.165, 1.54) is 12.1 Å². The topological polar surface area (TPSA) is 62.3 Å². The van der Waals surface area contributed by atoms with Gasteiger partial charge in [-0.15, -0.1) is 0 Å². The van der Waals surface area contributed by atoms with Crippen molar-refractivity contribution in [2.45, 2.75) is 44.4 Å². The second kappa shape index (κ2) is 7.47. The van der Waals surface area contributed by atoms with Crippen LogP contribution < -0.4 is 0 Å². The molecule has 2 aromatic carbocycles. The van der Waals surface area contributed by atoms with Crippen molar-refractivity contribution in [2.24, 2.45) is 0 Å². The van der Waals surface area contributed by atoms with Crippen molar-refractivity contribution in [3.05, 3.63) is 59.3 Å². The number of nitrogens with one attached hydrogen (secondary N) is 1. The maximum Gasteiger partial charge on any atom is 0.416 e. The molecule has 0 radical (unpaired) electrons. The second-order valence-electron chi connectivity index (χ2n) is 7.70. The Morgan fingerprint density at radius 2 is 1.93 bits per heavy atom. The number of benzene rings is 2. The summed E-state index contributed by atoms with van der Waals surface area (Å²) in [5, 5.41) is 10.4. The van der Waals surface area contributed by atoms with Crippen molar-refractivity contribution < 1.29 is 27.8 Å². The predicted octanol–water partition coefficient (Wildman–Crippen LogP) is 5.90. The predicted molar refractivity (Wildman–Crippen MR) is 107 cm³/mol. The first-order valence-corrected chi connectivity index (χ1v) is 9.92. The summed E-state index contributed by atoms with van der Waals surface area (Å²) in [5.74, 6) is -0.932. The number of carboxylic acids is 1. The number of hydrogen-bond acceptors (Lipinski definition) is 2. The van der Waals surface area contributed by atoms with E-state index >= 15 is 0 Å². The van der Waals surface area contributed by atoms with Gasteiger partial charge in [0.05, 0.1) is 24.3 Å². The number of aromatic nitrogens is 1. The number of fused-ring (bicyclic) bond motifs is 3. The van der Waals surface area contributed by atoms with Crippen molar-refractivity contribution in [3.8, 4) is 11.1 Å². The lowest BCUT2D eigenvalue weighted by Crippen LogP contribution is -2.37. The second-order valence-corrected chi connectivity index (χ2v) is 7.70. The van der Waals surface area contributed by atoms with E-state index in [0.717, 1.165) is 46.3 Å². The molecule has 0 amide bonds. The van der Waals surface area contributed by atoms with Gasteiger partial charge in [0.2, 0.25) is 0 Å². The minimum atomic E-state index is -4.38. The molecule has 4 rings (SSSR count). The number of ether oxygens (including phenoxy) is 1. The van der Waals surface area contributed by atoms with Gasteiger partial charge in [0.25, 0.3) is 0 Å². The summed E-state index contributed by atoms with van der Waals surface area (Å²) >= 11 is 0. The van der Waals surface area contributed by atoms with Crippen LogP contribution in [0.15, 0.2) is 42.5 Å². The van der Waals surface area contributed by atoms with Gasteiger partial charge in [-0.3, -0.25) is 4.79 Å². The molecule has 0 aliphatic carbocycles. The third kappa shape index (κ3) is 3.47. The number of alkyl halides is 3. The normalized spacial score (nSPS) is 19.1. The Labute approximate surface area is 171 Å². The molecule has 1 aliphatic heterocycles. The van der Waals surface area contributed by atoms with E-state index in [1.807, 2.05) is 25.1 Å². The minimum absolute atomic E-state index is 0.143. The molecule has 1 unspecified atom stereocenters. The molecule has 0 fully saturated rings. The Balaban J connectivity index is 1.88. The van der Waals surface area contributed by atoms with E-state index in [-0.39, 0.29) is 6.42 Å². The van der Waals surface area contributed by atoms with Gasteiger partial charge in [-0.1, -0.05) is 37.6 Å². The number of carboxylic acid groups (broad SMARTS) is 1. The maximum atomic E-state index is 12.9. The van der Waals surface area contributed by atoms with Gasteiger partial charge >= 0.3 is 12.1 Å². The molecule has 2 heterocycles. The third-order valence-corrected chi connectivity index (χ3v) is 5.73. The zero-order chi connectivity index (χ0) is 21.5. The number of aliphatic carboxylic acids is 1. The first-order chi connectivity index (χ1) is 14.2. The lowest BCUT2D eigenvalue weighted by Gasteiger charge is -2.36. The Morgan fingerprint density at radius 1 is 1.20 bits per heavy atom. The maximum absolute atomic E-state index is 12.9. The van der Waals surface area contributed by atoms with Crippen molar-refractivity contribution in [1.82, 2.24) is 4.98 Å². The van der Waals surface area contributed by atoms with Crippen molar-refractivity contribution in [2.75, 3.05) is 6.61 Å². The lowest BCUT2D eigenvalue weighted by molar-refractivity contribution is -0.149. The number of H-pyrrole nitrogens is 1. The molecule has 3 aromatic rings. The van der Waals surface area contributed by atoms with Crippen LogP contribution in [0.4, 0.5) is 13.2 Å². The lowest BCUT2D eigenvalue weighted by atomic mass is 9.84. The fraction of sp³-hybridized carbons (Fsp3) is 0.348. The van der Waals surface area contributed by atoms with Crippen LogP contribution >= 0.6 is 0 Å². The standard InChI is InChI=1S/C23H22F3NO3/c1-2-11-22(13-19(28)29)21-17(10-12-30-22)20-16(4-3-5-18(20)27-21)14-6-8-15(9-7-14)23(24,25)26/h3-9,27H,2,10-13H2,1H3,(H,28,29). The highest BCUT2D eigenvalue weighted by Crippen LogP contribution is 2.44. The number of hydrogen-bond donors (Lipinski definition) is 2. The molecular formula is C23H22F3NO3. The molecule has 0 saturated heterocycles. The van der Waals surface area contributed by atoms with Crippen LogP contribution in [0.2, 0.25) is 0 Å². The van der Waals surface area contributed by atoms with Gasteiger partial charge in [0.1, 0.15) is 5.60 Å². The molecule has 158 valence electrons. The quantitative estimate of drug-likeness (QED) is 0.544. The van der Waals surface area contributed by atoms with Crippen LogP contribution in [0.3, 0.4) is 0 Å². The van der Waals surface area contributed by atoms with Gasteiger partial charge in [-0.05, 0) is 47.7 Å². The van der Waals surface area contributed by atoms with Crippen LogP contribution in [-0.2, 0) is 27.7 Å². The van der Waals surface area contributed by atoms with Gasteiger partial charge in [-0.25, -0.2) is 0 Å². The van der Waals surface area contributed by atoms with E-state index in [1.54, 1.807) is 0 Å². The molecule has 0 spiro atoms. The number of halogens is 3. The fourth-order valence-electron chi connectivity index (χ4n) is 4.53. The van der Waals surface area contributed by atoms with Gasteiger partial charge < -0.3 is 14.8 Å². The molecule has 1 aromatic heterocycles. The van der Waals surface area contributed by atoms with Gasteiger partial charge in [-0.2, -0.15) is 13.2 Å². The molecule has 1 aliphatic rings. The average molecular weight is 417 g/mol. The zero-order valence-corrected chi connectivity index (χ0v) is 16.5. The first-order valence-electron chi connectivity index (χ1n) is 9.92. The van der Waals surface area contributed by atoms with E-state index in [2.05, 4.69) is 4.98 Å². The molecule has 2 N–H and O–H groups in total. The van der Waals surface area contributed by atoms with E-state index in [0.29, 0.717) is 25.0 Å². The van der Waals surface area contributed by atoms with Crippen LogP contribution in [0.1, 0.15) is 43.0 Å². The van der Waals surface area contributed by atoms with Crippen LogP contribution in [0, 0.1) is 0 Å². The van der Waals surface area contributed by atoms with E-state index in [4.69, 9.17) is 4.74 Å². The third-order valence-electron chi connectivity index (χ3n) is 5.73. The van der Waals surface area contributed by atoms with E-state index < -0.39 is 23.3 Å². The monoisotopic (exact) mass is 417 g/mol. The van der Waals surface area contributed by atoms with Gasteiger partial charge in [0.15, 0.2) is 0 Å². The van der Waals surface area contributed by atoms with Crippen molar-refractivity contribution in [1.29, 1.82) is 0 Å². The summed E-state index contributed by atoms with van der Waals surface area (Å²) in [6.45, 7) is 2.38. The zero-order valence-electron chi connectivity index (χ0n) is 16.5. The van der Waals surface area contributed by atoms with E-state index in [9.17, 15) is 23.1 Å². The smallest absolute Gasteiger partial charge is 0.416 e. The highest BCUT2D eigenvalue weighted by Gasteiger charge is 2.41. The summed E-state index contributed by atoms with van der Waals surface area (Å²) < 4.78 is 44.9. The van der Waals surface area contributed by atoms with Crippen LogP contribution in [0.25, 0.3) is 22.0 Å². The summed E-state index contributed by atoms with van der Waals surface area (Å²) in [4.78, 5) is 15.0. The largest absolute Gasteiger partial charge is 0.481 e. The molecule has 0 bridgehead atoms. The Kier molecular flexibility index (Phi) is 5.10. The number of aromatic amines is 1. The Hall–Kier alpha value is -2.80. The summed E-state index contributed by atoms with van der Waals surface area (Å²) in [6, 6.07) is 10.8. The molecule has 7 heteroatoms. The summed E-state index contributed by atoms with van der Waals surface area (Å²) in [6.07, 6.45) is -2.59. The molecule has 1 atom stereocenters. The Bertz CT molecular complexity index is 1090. The highest BCUT2D eigenvalue weighted by atomic mass is 19.4. The Morgan fingerprint density at radius 3 is 2.57 bits per heavy atom. The average Bonchev–Trinajstić information content (AvgIpc) is 3.08. The van der Waals surface area contributed by atoms with Crippen molar-refractivity contribution in [3.63, 3.8) is 0 Å². The molecule has 0 saturated carbocycles.